The number of hydrogen-bond acceptors (Lipinski definition) is 2. The molecule has 0 heterocycles. The fourth-order valence-corrected chi connectivity index (χ4v) is 2.35. The number of benzene rings is 1. The van der Waals surface area contributed by atoms with Gasteiger partial charge in [0.15, 0.2) is 0 Å². The van der Waals surface area contributed by atoms with E-state index in [1.165, 1.54) is 23.9 Å². The van der Waals surface area contributed by atoms with E-state index in [-0.39, 0.29) is 5.56 Å². The third-order valence-corrected chi connectivity index (χ3v) is 4.18. The van der Waals surface area contributed by atoms with E-state index in [4.69, 9.17) is 0 Å². The minimum atomic E-state index is -1.09. The Bertz CT molecular complexity index is 382. The number of aliphatic hydroxyl groups excluding tert-OH is 1. The molecule has 17 heavy (non-hydrogen) atoms. The highest BCUT2D eigenvalue weighted by molar-refractivity contribution is 7.99. The van der Waals surface area contributed by atoms with Crippen molar-refractivity contribution in [1.82, 2.24) is 0 Å². The van der Waals surface area contributed by atoms with Gasteiger partial charge in [0.1, 0.15) is 11.6 Å². The van der Waals surface area contributed by atoms with Crippen LogP contribution in [0.5, 0.6) is 0 Å². The van der Waals surface area contributed by atoms with Gasteiger partial charge in [-0.25, -0.2) is 8.78 Å². The lowest BCUT2D eigenvalue weighted by atomic mass is 10.1. The van der Waals surface area contributed by atoms with Crippen LogP contribution in [0.3, 0.4) is 0 Å². The van der Waals surface area contributed by atoms with E-state index in [9.17, 15) is 13.9 Å². The molecule has 0 aliphatic rings. The Balaban J connectivity index is 2.81. The molecule has 0 amide bonds. The summed E-state index contributed by atoms with van der Waals surface area (Å²) in [6.07, 6.45) is -0.121. The summed E-state index contributed by atoms with van der Waals surface area (Å²) in [6, 6.07) is 2.58. The van der Waals surface area contributed by atoms with Crippen LogP contribution in [0.15, 0.2) is 12.1 Å². The van der Waals surface area contributed by atoms with Crippen molar-refractivity contribution in [2.24, 2.45) is 0 Å². The maximum absolute atomic E-state index is 13.7. The smallest absolute Gasteiger partial charge is 0.134 e. The second-order valence-electron chi connectivity index (χ2n) is 4.16. The molecule has 0 saturated heterocycles. The third-order valence-electron chi connectivity index (χ3n) is 2.77. The van der Waals surface area contributed by atoms with Gasteiger partial charge in [0.2, 0.25) is 0 Å². The number of thioether (sulfide) groups is 1. The molecule has 1 rings (SSSR count). The quantitative estimate of drug-likeness (QED) is 0.868. The lowest BCUT2D eigenvalue weighted by Crippen LogP contribution is -2.10. The highest BCUT2D eigenvalue weighted by atomic mass is 32.2. The molecule has 2 unspecified atom stereocenters. The summed E-state index contributed by atoms with van der Waals surface area (Å²) in [5, 5.41) is 10.2. The summed E-state index contributed by atoms with van der Waals surface area (Å²) in [6.45, 7) is 5.63. The fraction of sp³-hybridized carbons (Fsp3) is 0.538. The molecule has 1 nitrogen and oxygen atoms in total. The molecule has 1 aromatic carbocycles. The molecule has 0 aromatic heterocycles. The molecule has 0 saturated carbocycles. The standard InChI is InChI=1S/C13H18F2OS/c1-4-9(3)17-7-11(16)12-10(14)6-5-8(2)13(12)15/h5-6,9,11,16H,4,7H2,1-3H3. The highest BCUT2D eigenvalue weighted by Gasteiger charge is 2.20. The lowest BCUT2D eigenvalue weighted by molar-refractivity contribution is 0.193. The van der Waals surface area contributed by atoms with E-state index in [0.717, 1.165) is 6.42 Å². The maximum atomic E-state index is 13.7. The van der Waals surface area contributed by atoms with Crippen molar-refractivity contribution in [3.05, 3.63) is 34.9 Å². The van der Waals surface area contributed by atoms with Gasteiger partial charge in [-0.15, -0.1) is 0 Å². The van der Waals surface area contributed by atoms with Crippen molar-refractivity contribution in [3.63, 3.8) is 0 Å². The number of rotatable bonds is 5. The maximum Gasteiger partial charge on any atom is 0.134 e. The Labute approximate surface area is 105 Å². The molecule has 0 spiro atoms. The van der Waals surface area contributed by atoms with Crippen LogP contribution in [-0.4, -0.2) is 16.1 Å². The van der Waals surface area contributed by atoms with Gasteiger partial charge in [0, 0.05) is 11.0 Å². The average molecular weight is 260 g/mol. The largest absolute Gasteiger partial charge is 0.387 e. The van der Waals surface area contributed by atoms with Gasteiger partial charge in [-0.05, 0) is 25.0 Å². The molecule has 0 bridgehead atoms. The van der Waals surface area contributed by atoms with E-state index in [1.807, 2.05) is 13.8 Å². The summed E-state index contributed by atoms with van der Waals surface area (Å²) in [7, 11) is 0. The predicted molar refractivity (Wildman–Crippen MR) is 68.3 cm³/mol. The van der Waals surface area contributed by atoms with Crippen LogP contribution in [0.4, 0.5) is 8.78 Å². The van der Waals surface area contributed by atoms with E-state index >= 15 is 0 Å². The first kappa shape index (κ1) is 14.5. The minimum Gasteiger partial charge on any atom is -0.387 e. The summed E-state index contributed by atoms with van der Waals surface area (Å²) in [5.41, 5.74) is 0.148. The monoisotopic (exact) mass is 260 g/mol. The normalized spacial score (nSPS) is 14.7. The van der Waals surface area contributed by atoms with Gasteiger partial charge in [0.25, 0.3) is 0 Å². The average Bonchev–Trinajstić information content (AvgIpc) is 2.31. The van der Waals surface area contributed by atoms with Crippen LogP contribution in [0.2, 0.25) is 0 Å². The minimum absolute atomic E-state index is 0.208. The molecular formula is C13H18F2OS. The van der Waals surface area contributed by atoms with Crippen molar-refractivity contribution >= 4 is 11.8 Å². The van der Waals surface area contributed by atoms with Crippen molar-refractivity contribution in [1.29, 1.82) is 0 Å². The molecular weight excluding hydrogens is 242 g/mol. The predicted octanol–water partition coefficient (Wildman–Crippen LogP) is 3.84. The second kappa shape index (κ2) is 6.36. The summed E-state index contributed by atoms with van der Waals surface area (Å²) in [5.74, 6) is -1.00. The second-order valence-corrected chi connectivity index (χ2v) is 5.63. The van der Waals surface area contributed by atoms with E-state index in [0.29, 0.717) is 16.6 Å². The first-order valence-corrected chi connectivity index (χ1v) is 6.76. The number of hydrogen-bond donors (Lipinski definition) is 1. The molecule has 1 aromatic rings. The van der Waals surface area contributed by atoms with Gasteiger partial charge < -0.3 is 5.11 Å². The zero-order valence-electron chi connectivity index (χ0n) is 10.3. The van der Waals surface area contributed by atoms with Crippen molar-refractivity contribution in [2.75, 3.05) is 5.75 Å². The van der Waals surface area contributed by atoms with Crippen LogP contribution in [0.25, 0.3) is 0 Å². The van der Waals surface area contributed by atoms with Gasteiger partial charge in [0.05, 0.1) is 11.7 Å². The van der Waals surface area contributed by atoms with Crippen LogP contribution < -0.4 is 0 Å². The molecule has 96 valence electrons. The van der Waals surface area contributed by atoms with Crippen molar-refractivity contribution in [3.8, 4) is 0 Å². The summed E-state index contributed by atoms with van der Waals surface area (Å²) >= 11 is 1.52. The Hall–Kier alpha value is -0.610. The fourth-order valence-electron chi connectivity index (χ4n) is 1.44. The van der Waals surface area contributed by atoms with Crippen molar-refractivity contribution < 1.29 is 13.9 Å². The Morgan fingerprint density at radius 1 is 1.35 bits per heavy atom. The van der Waals surface area contributed by atoms with Crippen LogP contribution in [-0.2, 0) is 0 Å². The van der Waals surface area contributed by atoms with E-state index in [2.05, 4.69) is 0 Å². The lowest BCUT2D eigenvalue weighted by Gasteiger charge is -2.16. The van der Waals surface area contributed by atoms with Crippen LogP contribution >= 0.6 is 11.8 Å². The zero-order valence-corrected chi connectivity index (χ0v) is 11.2. The van der Waals surface area contributed by atoms with Gasteiger partial charge in [-0.2, -0.15) is 11.8 Å². The SMILES string of the molecule is CCC(C)SCC(O)c1c(F)ccc(C)c1F. The topological polar surface area (TPSA) is 20.2 Å². The Morgan fingerprint density at radius 3 is 2.59 bits per heavy atom. The number of aryl methyl sites for hydroxylation is 1. The van der Waals surface area contributed by atoms with Gasteiger partial charge >= 0.3 is 0 Å². The van der Waals surface area contributed by atoms with Crippen molar-refractivity contribution in [2.45, 2.75) is 38.5 Å². The van der Waals surface area contributed by atoms with Gasteiger partial charge in [-0.1, -0.05) is 19.9 Å². The van der Waals surface area contributed by atoms with E-state index in [1.54, 1.807) is 6.92 Å². The number of halogens is 2. The number of aliphatic hydroxyl groups is 1. The molecule has 0 aliphatic carbocycles. The molecule has 4 heteroatoms. The molecule has 2 atom stereocenters. The molecule has 1 N–H and O–H groups in total. The first-order chi connectivity index (χ1) is 7.97. The summed E-state index contributed by atoms with van der Waals surface area (Å²) in [4.78, 5) is 0. The molecule has 0 radical (unpaired) electrons. The zero-order chi connectivity index (χ0) is 13.0. The Kier molecular flexibility index (Phi) is 5.40. The van der Waals surface area contributed by atoms with Crippen LogP contribution in [0, 0.1) is 18.6 Å². The van der Waals surface area contributed by atoms with Gasteiger partial charge in [-0.3, -0.25) is 0 Å². The summed E-state index contributed by atoms with van der Waals surface area (Å²) < 4.78 is 27.2. The third kappa shape index (κ3) is 3.68. The van der Waals surface area contributed by atoms with E-state index < -0.39 is 17.7 Å². The first-order valence-electron chi connectivity index (χ1n) is 5.71. The molecule has 0 fully saturated rings. The Morgan fingerprint density at radius 2 is 2.00 bits per heavy atom. The highest BCUT2D eigenvalue weighted by Crippen LogP contribution is 2.27. The molecule has 0 aliphatic heterocycles. The van der Waals surface area contributed by atoms with Crippen LogP contribution in [0.1, 0.15) is 37.5 Å².